The molecule has 124 valence electrons. The SMILES string of the molecule is Cc1ccc(N2C[C@@H](C(=O)N3C[C@@H](C)O[C@H](C)C3)CC2=O)cc1. The Balaban J connectivity index is 1.69. The van der Waals surface area contributed by atoms with E-state index in [1.165, 1.54) is 0 Å². The second-order valence-corrected chi connectivity index (χ2v) is 6.74. The van der Waals surface area contributed by atoms with Crippen molar-refractivity contribution in [3.8, 4) is 0 Å². The Hall–Kier alpha value is -1.88. The number of anilines is 1. The minimum Gasteiger partial charge on any atom is -0.372 e. The van der Waals surface area contributed by atoms with E-state index in [2.05, 4.69) is 0 Å². The van der Waals surface area contributed by atoms with E-state index in [-0.39, 0.29) is 29.9 Å². The smallest absolute Gasteiger partial charge is 0.228 e. The Morgan fingerprint density at radius 3 is 2.30 bits per heavy atom. The van der Waals surface area contributed by atoms with Gasteiger partial charge in [-0.15, -0.1) is 0 Å². The summed E-state index contributed by atoms with van der Waals surface area (Å²) in [6.45, 7) is 7.67. The summed E-state index contributed by atoms with van der Waals surface area (Å²) in [4.78, 5) is 28.7. The number of rotatable bonds is 2. The lowest BCUT2D eigenvalue weighted by molar-refractivity contribution is -0.147. The summed E-state index contributed by atoms with van der Waals surface area (Å²) in [6.07, 6.45) is 0.397. The fraction of sp³-hybridized carbons (Fsp3) is 0.556. The summed E-state index contributed by atoms with van der Waals surface area (Å²) >= 11 is 0. The molecule has 0 saturated carbocycles. The lowest BCUT2D eigenvalue weighted by atomic mass is 10.1. The van der Waals surface area contributed by atoms with Crippen LogP contribution in [0.4, 0.5) is 5.69 Å². The van der Waals surface area contributed by atoms with Crippen LogP contribution in [-0.2, 0) is 14.3 Å². The Labute approximate surface area is 137 Å². The zero-order chi connectivity index (χ0) is 16.6. The Bertz CT molecular complexity index is 589. The van der Waals surface area contributed by atoms with Crippen molar-refractivity contribution in [3.63, 3.8) is 0 Å². The minimum absolute atomic E-state index is 0.0292. The van der Waals surface area contributed by atoms with Crippen LogP contribution < -0.4 is 4.90 Å². The number of ether oxygens (including phenoxy) is 1. The van der Waals surface area contributed by atoms with Gasteiger partial charge in [-0.1, -0.05) is 17.7 Å². The van der Waals surface area contributed by atoms with Gasteiger partial charge >= 0.3 is 0 Å². The van der Waals surface area contributed by atoms with E-state index < -0.39 is 0 Å². The molecule has 0 aromatic heterocycles. The first-order valence-corrected chi connectivity index (χ1v) is 8.25. The van der Waals surface area contributed by atoms with Gasteiger partial charge in [0.25, 0.3) is 0 Å². The van der Waals surface area contributed by atoms with Gasteiger partial charge in [-0.2, -0.15) is 0 Å². The number of carbonyl (C=O) groups excluding carboxylic acids is 2. The van der Waals surface area contributed by atoms with Crippen molar-refractivity contribution in [2.75, 3.05) is 24.5 Å². The van der Waals surface area contributed by atoms with Gasteiger partial charge < -0.3 is 14.5 Å². The molecule has 2 fully saturated rings. The number of amides is 2. The van der Waals surface area contributed by atoms with E-state index in [1.807, 2.05) is 49.9 Å². The van der Waals surface area contributed by atoms with Gasteiger partial charge in [-0.05, 0) is 32.9 Å². The molecule has 0 spiro atoms. The molecule has 0 bridgehead atoms. The molecule has 2 aliphatic heterocycles. The monoisotopic (exact) mass is 316 g/mol. The van der Waals surface area contributed by atoms with E-state index in [1.54, 1.807) is 4.90 Å². The molecule has 1 aromatic carbocycles. The maximum absolute atomic E-state index is 12.8. The number of carbonyl (C=O) groups is 2. The van der Waals surface area contributed by atoms with Gasteiger partial charge in [0.15, 0.2) is 0 Å². The maximum atomic E-state index is 12.8. The molecule has 2 aliphatic rings. The minimum atomic E-state index is -0.249. The Kier molecular flexibility index (Phi) is 4.39. The molecule has 0 N–H and O–H groups in total. The number of benzene rings is 1. The lowest BCUT2D eigenvalue weighted by Gasteiger charge is -2.36. The maximum Gasteiger partial charge on any atom is 0.228 e. The molecule has 0 aliphatic carbocycles. The number of nitrogens with zero attached hydrogens (tertiary/aromatic N) is 2. The van der Waals surface area contributed by atoms with Crippen LogP contribution >= 0.6 is 0 Å². The predicted molar refractivity (Wildman–Crippen MR) is 88.2 cm³/mol. The molecule has 2 heterocycles. The molecule has 5 heteroatoms. The van der Waals surface area contributed by atoms with Crippen molar-refractivity contribution in [1.82, 2.24) is 4.90 Å². The average Bonchev–Trinajstić information content (AvgIpc) is 2.88. The van der Waals surface area contributed by atoms with Crippen molar-refractivity contribution < 1.29 is 14.3 Å². The standard InChI is InChI=1S/C18H24N2O3/c1-12-4-6-16(7-5-12)20-11-15(8-17(20)21)18(22)19-9-13(2)23-14(3)10-19/h4-7,13-15H,8-11H2,1-3H3/t13-,14-,15+/m1/s1. The molecule has 0 unspecified atom stereocenters. The highest BCUT2D eigenvalue weighted by Crippen LogP contribution is 2.27. The van der Waals surface area contributed by atoms with Gasteiger partial charge in [0.1, 0.15) is 0 Å². The first kappa shape index (κ1) is 16.0. The largest absolute Gasteiger partial charge is 0.372 e. The van der Waals surface area contributed by atoms with Crippen LogP contribution in [0, 0.1) is 12.8 Å². The van der Waals surface area contributed by atoms with Crippen molar-refractivity contribution in [1.29, 1.82) is 0 Å². The van der Waals surface area contributed by atoms with Gasteiger partial charge in [0.2, 0.25) is 11.8 Å². The average molecular weight is 316 g/mol. The zero-order valence-corrected chi connectivity index (χ0v) is 14.0. The van der Waals surface area contributed by atoms with Crippen LogP contribution in [0.3, 0.4) is 0 Å². The second kappa shape index (κ2) is 6.32. The van der Waals surface area contributed by atoms with Crippen molar-refractivity contribution in [2.45, 2.75) is 39.4 Å². The topological polar surface area (TPSA) is 49.9 Å². The number of hydrogen-bond acceptors (Lipinski definition) is 3. The number of hydrogen-bond donors (Lipinski definition) is 0. The third-order valence-electron chi connectivity index (χ3n) is 4.55. The summed E-state index contributed by atoms with van der Waals surface area (Å²) < 4.78 is 5.68. The van der Waals surface area contributed by atoms with E-state index in [9.17, 15) is 9.59 Å². The summed E-state index contributed by atoms with van der Waals surface area (Å²) in [6, 6.07) is 7.87. The molecular formula is C18H24N2O3. The number of aryl methyl sites for hydroxylation is 1. The molecule has 2 saturated heterocycles. The summed E-state index contributed by atoms with van der Waals surface area (Å²) in [5.74, 6) is -0.141. The molecule has 2 amide bonds. The van der Waals surface area contributed by atoms with Gasteiger partial charge in [-0.3, -0.25) is 9.59 Å². The fourth-order valence-electron chi connectivity index (χ4n) is 3.46. The number of morpholine rings is 1. The normalized spacial score (nSPS) is 28.3. The molecule has 23 heavy (non-hydrogen) atoms. The van der Waals surface area contributed by atoms with Gasteiger partial charge in [0, 0.05) is 31.7 Å². The zero-order valence-electron chi connectivity index (χ0n) is 14.0. The second-order valence-electron chi connectivity index (χ2n) is 6.74. The van der Waals surface area contributed by atoms with Crippen molar-refractivity contribution in [3.05, 3.63) is 29.8 Å². The van der Waals surface area contributed by atoms with E-state index in [0.29, 0.717) is 26.1 Å². The Morgan fingerprint density at radius 2 is 1.70 bits per heavy atom. The fourth-order valence-corrected chi connectivity index (χ4v) is 3.46. The van der Waals surface area contributed by atoms with Gasteiger partial charge in [-0.25, -0.2) is 0 Å². The van der Waals surface area contributed by atoms with Crippen molar-refractivity contribution >= 4 is 17.5 Å². The Morgan fingerprint density at radius 1 is 1.09 bits per heavy atom. The quantitative estimate of drug-likeness (QED) is 0.838. The molecule has 0 radical (unpaired) electrons. The van der Waals surface area contributed by atoms with Crippen LogP contribution in [0.15, 0.2) is 24.3 Å². The van der Waals surface area contributed by atoms with E-state index in [0.717, 1.165) is 11.3 Å². The first-order valence-electron chi connectivity index (χ1n) is 8.25. The summed E-state index contributed by atoms with van der Waals surface area (Å²) in [5, 5.41) is 0. The molecule has 5 nitrogen and oxygen atoms in total. The van der Waals surface area contributed by atoms with Gasteiger partial charge in [0.05, 0.1) is 18.1 Å². The lowest BCUT2D eigenvalue weighted by Crippen LogP contribution is -2.50. The van der Waals surface area contributed by atoms with Crippen LogP contribution in [-0.4, -0.2) is 48.6 Å². The first-order chi connectivity index (χ1) is 10.9. The molecule has 3 atom stereocenters. The molecule has 1 aromatic rings. The van der Waals surface area contributed by atoms with Crippen LogP contribution in [0.1, 0.15) is 25.8 Å². The summed E-state index contributed by atoms with van der Waals surface area (Å²) in [7, 11) is 0. The third-order valence-corrected chi connectivity index (χ3v) is 4.55. The highest BCUT2D eigenvalue weighted by Gasteiger charge is 2.38. The van der Waals surface area contributed by atoms with Crippen LogP contribution in [0.5, 0.6) is 0 Å². The van der Waals surface area contributed by atoms with E-state index >= 15 is 0 Å². The van der Waals surface area contributed by atoms with Crippen LogP contribution in [0.2, 0.25) is 0 Å². The van der Waals surface area contributed by atoms with Crippen LogP contribution in [0.25, 0.3) is 0 Å². The van der Waals surface area contributed by atoms with E-state index in [4.69, 9.17) is 4.74 Å². The summed E-state index contributed by atoms with van der Waals surface area (Å²) in [5.41, 5.74) is 2.03. The molecule has 3 rings (SSSR count). The highest BCUT2D eigenvalue weighted by molar-refractivity contribution is 6.00. The highest BCUT2D eigenvalue weighted by atomic mass is 16.5. The van der Waals surface area contributed by atoms with Crippen molar-refractivity contribution in [2.24, 2.45) is 5.92 Å². The predicted octanol–water partition coefficient (Wildman–Crippen LogP) is 1.98. The third kappa shape index (κ3) is 3.39. The molecular weight excluding hydrogens is 292 g/mol.